The van der Waals surface area contributed by atoms with E-state index in [-0.39, 0.29) is 24.0 Å². The van der Waals surface area contributed by atoms with E-state index in [0.717, 1.165) is 19.0 Å². The molecular formula is C12H15FN2O2. The average Bonchev–Trinajstić information content (AvgIpc) is 2.38. The Morgan fingerprint density at radius 1 is 1.65 bits per heavy atom. The zero-order valence-electron chi connectivity index (χ0n) is 9.47. The Labute approximate surface area is 99.1 Å². The Morgan fingerprint density at radius 3 is 3.18 bits per heavy atom. The van der Waals surface area contributed by atoms with Gasteiger partial charge in [-0.15, -0.1) is 0 Å². The highest BCUT2D eigenvalue weighted by Crippen LogP contribution is 2.18. The maximum atomic E-state index is 13.4. The lowest BCUT2D eigenvalue weighted by Gasteiger charge is -2.31. The Balaban J connectivity index is 2.12. The fourth-order valence-corrected chi connectivity index (χ4v) is 2.12. The average molecular weight is 238 g/mol. The van der Waals surface area contributed by atoms with Gasteiger partial charge in [-0.3, -0.25) is 9.78 Å². The standard InChI is InChI=1S/C12H15FN2O2/c13-11-6-14-4-3-10(11)12(17)15-5-1-2-9(7-15)8-16/h3-4,6,9,16H,1-2,5,7-8H2/t9-/m0/s1. The second-order valence-electron chi connectivity index (χ2n) is 4.30. The number of amides is 1. The van der Waals surface area contributed by atoms with E-state index in [0.29, 0.717) is 13.1 Å². The van der Waals surface area contributed by atoms with E-state index in [1.54, 1.807) is 4.90 Å². The summed E-state index contributed by atoms with van der Waals surface area (Å²) in [6.07, 6.45) is 4.22. The molecule has 0 saturated carbocycles. The van der Waals surface area contributed by atoms with Crippen molar-refractivity contribution in [3.8, 4) is 0 Å². The first kappa shape index (κ1) is 12.0. The number of carbonyl (C=O) groups is 1. The molecule has 1 aliphatic rings. The van der Waals surface area contributed by atoms with Gasteiger partial charge in [0.25, 0.3) is 5.91 Å². The van der Waals surface area contributed by atoms with Gasteiger partial charge in [0.1, 0.15) is 0 Å². The molecule has 1 aromatic heterocycles. The van der Waals surface area contributed by atoms with Gasteiger partial charge in [0.05, 0.1) is 11.8 Å². The third kappa shape index (κ3) is 2.61. The number of halogens is 1. The molecule has 1 atom stereocenters. The van der Waals surface area contributed by atoms with E-state index >= 15 is 0 Å². The summed E-state index contributed by atoms with van der Waals surface area (Å²) in [4.78, 5) is 17.3. The predicted molar refractivity (Wildman–Crippen MR) is 59.9 cm³/mol. The van der Waals surface area contributed by atoms with Crippen LogP contribution in [-0.2, 0) is 0 Å². The highest BCUT2D eigenvalue weighted by atomic mass is 19.1. The summed E-state index contributed by atoms with van der Waals surface area (Å²) < 4.78 is 13.4. The number of nitrogens with zero attached hydrogens (tertiary/aromatic N) is 2. The lowest BCUT2D eigenvalue weighted by molar-refractivity contribution is 0.0616. The molecule has 2 heterocycles. The second kappa shape index (κ2) is 5.23. The number of aromatic nitrogens is 1. The number of piperidine rings is 1. The van der Waals surface area contributed by atoms with Crippen LogP contribution in [0.3, 0.4) is 0 Å². The number of rotatable bonds is 2. The van der Waals surface area contributed by atoms with Crippen molar-refractivity contribution >= 4 is 5.91 Å². The Bertz CT molecular complexity index is 411. The van der Waals surface area contributed by atoms with Crippen LogP contribution in [0.15, 0.2) is 18.5 Å². The Kier molecular flexibility index (Phi) is 3.68. The summed E-state index contributed by atoms with van der Waals surface area (Å²) in [5, 5.41) is 9.09. The monoisotopic (exact) mass is 238 g/mol. The number of hydrogen-bond donors (Lipinski definition) is 1. The third-order valence-electron chi connectivity index (χ3n) is 3.07. The molecule has 0 radical (unpaired) electrons. The zero-order valence-corrected chi connectivity index (χ0v) is 9.47. The Morgan fingerprint density at radius 2 is 2.47 bits per heavy atom. The van der Waals surface area contributed by atoms with Gasteiger partial charge in [0.15, 0.2) is 5.82 Å². The van der Waals surface area contributed by atoms with Crippen molar-refractivity contribution in [2.75, 3.05) is 19.7 Å². The fraction of sp³-hybridized carbons (Fsp3) is 0.500. The van der Waals surface area contributed by atoms with Crippen LogP contribution in [0.5, 0.6) is 0 Å². The predicted octanol–water partition coefficient (Wildman–Crippen LogP) is 1.07. The molecule has 1 fully saturated rings. The van der Waals surface area contributed by atoms with Crippen molar-refractivity contribution in [1.82, 2.24) is 9.88 Å². The highest BCUT2D eigenvalue weighted by Gasteiger charge is 2.25. The van der Waals surface area contributed by atoms with E-state index in [4.69, 9.17) is 5.11 Å². The summed E-state index contributed by atoms with van der Waals surface area (Å²) >= 11 is 0. The molecule has 1 saturated heterocycles. The van der Waals surface area contributed by atoms with Crippen molar-refractivity contribution in [2.45, 2.75) is 12.8 Å². The zero-order chi connectivity index (χ0) is 12.3. The fourth-order valence-electron chi connectivity index (χ4n) is 2.12. The van der Waals surface area contributed by atoms with E-state index < -0.39 is 5.82 Å². The van der Waals surface area contributed by atoms with Gasteiger partial charge in [-0.25, -0.2) is 4.39 Å². The maximum Gasteiger partial charge on any atom is 0.256 e. The smallest absolute Gasteiger partial charge is 0.256 e. The van der Waals surface area contributed by atoms with Crippen molar-refractivity contribution in [3.05, 3.63) is 29.8 Å². The van der Waals surface area contributed by atoms with E-state index in [2.05, 4.69) is 4.98 Å². The molecule has 0 bridgehead atoms. The first-order valence-electron chi connectivity index (χ1n) is 5.72. The summed E-state index contributed by atoms with van der Waals surface area (Å²) in [5.74, 6) is -0.802. The van der Waals surface area contributed by atoms with Gasteiger partial charge in [0, 0.05) is 25.9 Å². The molecule has 0 aromatic carbocycles. The van der Waals surface area contributed by atoms with Crippen molar-refractivity contribution in [1.29, 1.82) is 0 Å². The molecule has 1 amide bonds. The number of pyridine rings is 1. The quantitative estimate of drug-likeness (QED) is 0.838. The molecule has 2 rings (SSSR count). The molecule has 1 N–H and O–H groups in total. The molecule has 0 aliphatic carbocycles. The lowest BCUT2D eigenvalue weighted by Crippen LogP contribution is -2.41. The molecule has 0 unspecified atom stereocenters. The van der Waals surface area contributed by atoms with Gasteiger partial charge in [-0.2, -0.15) is 0 Å². The normalized spacial score (nSPS) is 20.4. The van der Waals surface area contributed by atoms with Crippen LogP contribution in [0.4, 0.5) is 4.39 Å². The van der Waals surface area contributed by atoms with E-state index in [9.17, 15) is 9.18 Å². The summed E-state index contributed by atoms with van der Waals surface area (Å²) in [7, 11) is 0. The first-order valence-corrected chi connectivity index (χ1v) is 5.72. The Hall–Kier alpha value is -1.49. The van der Waals surface area contributed by atoms with E-state index in [1.165, 1.54) is 12.3 Å². The molecule has 4 nitrogen and oxygen atoms in total. The number of carbonyl (C=O) groups excluding carboxylic acids is 1. The molecule has 1 aromatic rings. The number of aliphatic hydroxyl groups excluding tert-OH is 1. The van der Waals surface area contributed by atoms with Crippen LogP contribution in [0, 0.1) is 11.7 Å². The first-order chi connectivity index (χ1) is 8.22. The maximum absolute atomic E-state index is 13.4. The summed E-state index contributed by atoms with van der Waals surface area (Å²) in [6, 6.07) is 1.39. The molecule has 17 heavy (non-hydrogen) atoms. The van der Waals surface area contributed by atoms with Crippen LogP contribution >= 0.6 is 0 Å². The molecule has 5 heteroatoms. The van der Waals surface area contributed by atoms with Crippen LogP contribution in [0.25, 0.3) is 0 Å². The molecule has 92 valence electrons. The van der Waals surface area contributed by atoms with Gasteiger partial charge in [0.2, 0.25) is 0 Å². The van der Waals surface area contributed by atoms with Crippen LogP contribution in [0.1, 0.15) is 23.2 Å². The van der Waals surface area contributed by atoms with Crippen LogP contribution < -0.4 is 0 Å². The largest absolute Gasteiger partial charge is 0.396 e. The second-order valence-corrected chi connectivity index (χ2v) is 4.30. The highest BCUT2D eigenvalue weighted by molar-refractivity contribution is 5.94. The summed E-state index contributed by atoms with van der Waals surface area (Å²) in [5.41, 5.74) is 0.0542. The molecule has 1 aliphatic heterocycles. The van der Waals surface area contributed by atoms with Crippen LogP contribution in [-0.4, -0.2) is 40.6 Å². The minimum Gasteiger partial charge on any atom is -0.396 e. The number of aliphatic hydroxyl groups is 1. The van der Waals surface area contributed by atoms with E-state index in [1.807, 2.05) is 0 Å². The van der Waals surface area contributed by atoms with Gasteiger partial charge < -0.3 is 10.0 Å². The number of likely N-dealkylation sites (tertiary alicyclic amines) is 1. The minimum absolute atomic E-state index is 0.0542. The SMILES string of the molecule is O=C(c1ccncc1F)N1CCC[C@H](CO)C1. The topological polar surface area (TPSA) is 53.4 Å². The minimum atomic E-state index is -0.594. The van der Waals surface area contributed by atoms with Crippen LogP contribution in [0.2, 0.25) is 0 Å². The molecule has 0 spiro atoms. The van der Waals surface area contributed by atoms with Crippen molar-refractivity contribution in [2.24, 2.45) is 5.92 Å². The van der Waals surface area contributed by atoms with Crippen molar-refractivity contribution < 1.29 is 14.3 Å². The van der Waals surface area contributed by atoms with Crippen molar-refractivity contribution in [3.63, 3.8) is 0 Å². The molecular weight excluding hydrogens is 223 g/mol. The summed E-state index contributed by atoms with van der Waals surface area (Å²) in [6.45, 7) is 1.19. The number of hydrogen-bond acceptors (Lipinski definition) is 3. The lowest BCUT2D eigenvalue weighted by atomic mass is 9.98. The van der Waals surface area contributed by atoms with Gasteiger partial charge in [-0.1, -0.05) is 0 Å². The van der Waals surface area contributed by atoms with Gasteiger partial charge >= 0.3 is 0 Å². The van der Waals surface area contributed by atoms with Gasteiger partial charge in [-0.05, 0) is 24.8 Å². The third-order valence-corrected chi connectivity index (χ3v) is 3.07.